The van der Waals surface area contributed by atoms with Crippen LogP contribution in [0.2, 0.25) is 0 Å². The third-order valence-corrected chi connectivity index (χ3v) is 4.61. The van der Waals surface area contributed by atoms with Crippen molar-refractivity contribution >= 4 is 23.3 Å². The number of hydrogen-bond donors (Lipinski definition) is 2. The number of carbonyl (C=O) groups excluding carboxylic acids is 2. The number of amides is 3. The van der Waals surface area contributed by atoms with E-state index in [4.69, 9.17) is 0 Å². The second kappa shape index (κ2) is 7.66. The number of non-ortho nitro benzene ring substituents is 1. The van der Waals surface area contributed by atoms with Gasteiger partial charge in [0.25, 0.3) is 11.6 Å². The second-order valence-electron chi connectivity index (χ2n) is 6.37. The molecule has 29 heavy (non-hydrogen) atoms. The Bertz CT molecular complexity index is 1040. The van der Waals surface area contributed by atoms with Crippen LogP contribution in [0.15, 0.2) is 53.7 Å². The van der Waals surface area contributed by atoms with Crippen LogP contribution in [0.25, 0.3) is 0 Å². The lowest BCUT2D eigenvalue weighted by atomic mass is 9.94. The fourth-order valence-electron chi connectivity index (χ4n) is 2.94. The predicted molar refractivity (Wildman–Crippen MR) is 99.8 cm³/mol. The van der Waals surface area contributed by atoms with E-state index in [1.807, 2.05) is 0 Å². The number of nitro groups is 1. The number of halogens is 2. The Morgan fingerprint density at radius 2 is 1.83 bits per heavy atom. The normalized spacial score (nSPS) is 16.5. The molecule has 0 aliphatic carbocycles. The average molecular weight is 402 g/mol. The lowest BCUT2D eigenvalue weighted by molar-refractivity contribution is -0.384. The molecule has 2 aromatic carbocycles. The van der Waals surface area contributed by atoms with E-state index in [1.165, 1.54) is 42.3 Å². The van der Waals surface area contributed by atoms with Crippen molar-refractivity contribution < 1.29 is 23.3 Å². The van der Waals surface area contributed by atoms with Gasteiger partial charge in [0.05, 0.1) is 16.5 Å². The minimum atomic E-state index is -1.12. The number of allylic oxidation sites excluding steroid dienone is 1. The number of nitrogens with zero attached hydrogens (tertiary/aromatic N) is 2. The van der Waals surface area contributed by atoms with Gasteiger partial charge >= 0.3 is 6.03 Å². The van der Waals surface area contributed by atoms with E-state index < -0.39 is 34.5 Å². The van der Waals surface area contributed by atoms with E-state index in [1.54, 1.807) is 6.92 Å². The average Bonchev–Trinajstić information content (AvgIpc) is 2.68. The Balaban J connectivity index is 1.98. The predicted octanol–water partition coefficient (Wildman–Crippen LogP) is 3.48. The highest BCUT2D eigenvalue weighted by Crippen LogP contribution is 2.31. The Morgan fingerprint density at radius 1 is 1.17 bits per heavy atom. The van der Waals surface area contributed by atoms with Gasteiger partial charge in [-0.3, -0.25) is 14.9 Å². The van der Waals surface area contributed by atoms with Gasteiger partial charge in [-0.15, -0.1) is 0 Å². The highest BCUT2D eigenvalue weighted by Gasteiger charge is 2.34. The Kier molecular flexibility index (Phi) is 5.26. The fourth-order valence-corrected chi connectivity index (χ4v) is 2.94. The zero-order valence-electron chi connectivity index (χ0n) is 15.4. The SMILES string of the molecule is CC1=C(C(=O)Nc2ccc(F)c(F)c2)[C@H](c2ccc([N+](=O)[O-])cc2)NC(=O)N1C. The first-order chi connectivity index (χ1) is 13.7. The second-order valence-corrected chi connectivity index (χ2v) is 6.37. The quantitative estimate of drug-likeness (QED) is 0.603. The smallest absolute Gasteiger partial charge is 0.322 e. The molecular weight excluding hydrogens is 386 g/mol. The number of nitrogens with one attached hydrogen (secondary N) is 2. The molecule has 10 heteroatoms. The van der Waals surface area contributed by atoms with Crippen LogP contribution >= 0.6 is 0 Å². The van der Waals surface area contributed by atoms with Crippen molar-refractivity contribution in [3.8, 4) is 0 Å². The summed E-state index contributed by atoms with van der Waals surface area (Å²) in [5.74, 6) is -2.80. The third kappa shape index (κ3) is 3.91. The van der Waals surface area contributed by atoms with Crippen molar-refractivity contribution in [1.29, 1.82) is 0 Å². The number of hydrogen-bond acceptors (Lipinski definition) is 4. The van der Waals surface area contributed by atoms with Gasteiger partial charge in [0.2, 0.25) is 0 Å². The molecule has 0 radical (unpaired) electrons. The number of carbonyl (C=O) groups is 2. The summed E-state index contributed by atoms with van der Waals surface area (Å²) < 4.78 is 26.6. The molecule has 0 spiro atoms. The van der Waals surface area contributed by atoms with E-state index in [0.29, 0.717) is 11.3 Å². The van der Waals surface area contributed by atoms with Gasteiger partial charge in [0.1, 0.15) is 0 Å². The summed E-state index contributed by atoms with van der Waals surface area (Å²) in [4.78, 5) is 36.7. The molecule has 3 amide bonds. The Morgan fingerprint density at radius 3 is 2.41 bits per heavy atom. The summed E-state index contributed by atoms with van der Waals surface area (Å²) in [7, 11) is 1.47. The van der Waals surface area contributed by atoms with Gasteiger partial charge in [-0.05, 0) is 36.8 Å². The first kappa shape index (κ1) is 19.9. The van der Waals surface area contributed by atoms with Crippen LogP contribution in [0, 0.1) is 21.7 Å². The van der Waals surface area contributed by atoms with E-state index in [9.17, 15) is 28.5 Å². The molecule has 0 saturated heterocycles. The number of anilines is 1. The molecule has 1 aliphatic rings. The molecule has 2 N–H and O–H groups in total. The summed E-state index contributed by atoms with van der Waals surface area (Å²) in [6.07, 6.45) is 0. The van der Waals surface area contributed by atoms with E-state index >= 15 is 0 Å². The number of nitro benzene ring substituents is 1. The van der Waals surface area contributed by atoms with Crippen LogP contribution in [0.1, 0.15) is 18.5 Å². The van der Waals surface area contributed by atoms with Gasteiger partial charge < -0.3 is 15.5 Å². The van der Waals surface area contributed by atoms with Crippen LogP contribution in [0.3, 0.4) is 0 Å². The molecule has 0 aromatic heterocycles. The summed E-state index contributed by atoms with van der Waals surface area (Å²) >= 11 is 0. The van der Waals surface area contributed by atoms with Gasteiger partial charge in [-0.25, -0.2) is 13.6 Å². The van der Waals surface area contributed by atoms with Crippen LogP contribution in [0.5, 0.6) is 0 Å². The first-order valence-electron chi connectivity index (χ1n) is 8.44. The molecule has 3 rings (SSSR count). The minimum Gasteiger partial charge on any atom is -0.327 e. The molecule has 2 aromatic rings. The highest BCUT2D eigenvalue weighted by atomic mass is 19.2. The maximum atomic E-state index is 13.4. The number of rotatable bonds is 4. The van der Waals surface area contributed by atoms with Crippen molar-refractivity contribution in [2.45, 2.75) is 13.0 Å². The molecule has 1 aliphatic heterocycles. The topological polar surface area (TPSA) is 105 Å². The van der Waals surface area contributed by atoms with Crippen LogP contribution in [-0.4, -0.2) is 28.8 Å². The van der Waals surface area contributed by atoms with Crippen molar-refractivity contribution in [3.63, 3.8) is 0 Å². The number of benzene rings is 2. The molecule has 1 heterocycles. The van der Waals surface area contributed by atoms with E-state index in [0.717, 1.165) is 12.1 Å². The van der Waals surface area contributed by atoms with Gasteiger partial charge in [0.15, 0.2) is 11.6 Å². The van der Waals surface area contributed by atoms with Crippen LogP contribution < -0.4 is 10.6 Å². The molecule has 0 fully saturated rings. The molecular formula is C19H16F2N4O4. The standard InChI is InChI=1S/C19H16F2N4O4/c1-10-16(18(26)22-12-5-8-14(20)15(21)9-12)17(23-19(27)24(10)2)11-3-6-13(7-4-11)25(28)29/h3-9,17H,1-2H3,(H,22,26)(H,23,27)/t17-/m0/s1. The summed E-state index contributed by atoms with van der Waals surface area (Å²) in [6, 6.07) is 6.99. The molecule has 0 saturated carbocycles. The molecule has 1 atom stereocenters. The Hall–Kier alpha value is -3.82. The zero-order chi connectivity index (χ0) is 21.3. The molecule has 150 valence electrons. The number of urea groups is 1. The summed E-state index contributed by atoms with van der Waals surface area (Å²) in [5.41, 5.74) is 0.854. The third-order valence-electron chi connectivity index (χ3n) is 4.61. The molecule has 0 unspecified atom stereocenters. The van der Waals surface area contributed by atoms with Crippen molar-refractivity contribution in [1.82, 2.24) is 10.2 Å². The lowest BCUT2D eigenvalue weighted by Gasteiger charge is -2.33. The zero-order valence-corrected chi connectivity index (χ0v) is 15.4. The lowest BCUT2D eigenvalue weighted by Crippen LogP contribution is -2.46. The summed E-state index contributed by atoms with van der Waals surface area (Å²) in [6.45, 7) is 1.57. The van der Waals surface area contributed by atoms with Gasteiger partial charge in [-0.1, -0.05) is 0 Å². The largest absolute Gasteiger partial charge is 0.327 e. The van der Waals surface area contributed by atoms with Gasteiger partial charge in [0, 0.05) is 36.6 Å². The minimum absolute atomic E-state index is 0.0382. The van der Waals surface area contributed by atoms with Crippen molar-refractivity contribution in [2.75, 3.05) is 12.4 Å². The van der Waals surface area contributed by atoms with Crippen molar-refractivity contribution in [2.24, 2.45) is 0 Å². The van der Waals surface area contributed by atoms with Crippen molar-refractivity contribution in [3.05, 3.63) is 81.0 Å². The van der Waals surface area contributed by atoms with E-state index in [2.05, 4.69) is 10.6 Å². The molecule has 8 nitrogen and oxygen atoms in total. The fraction of sp³-hybridized carbons (Fsp3) is 0.158. The van der Waals surface area contributed by atoms with Crippen LogP contribution in [-0.2, 0) is 4.79 Å². The molecule has 0 bridgehead atoms. The maximum Gasteiger partial charge on any atom is 0.322 e. The highest BCUT2D eigenvalue weighted by molar-refractivity contribution is 6.06. The monoisotopic (exact) mass is 402 g/mol. The maximum absolute atomic E-state index is 13.4. The Labute approximate surface area is 164 Å². The van der Waals surface area contributed by atoms with Gasteiger partial charge in [-0.2, -0.15) is 0 Å². The summed E-state index contributed by atoms with van der Waals surface area (Å²) in [5, 5.41) is 16.0. The van der Waals surface area contributed by atoms with E-state index in [-0.39, 0.29) is 16.9 Å². The first-order valence-corrected chi connectivity index (χ1v) is 8.44. The van der Waals surface area contributed by atoms with Crippen LogP contribution in [0.4, 0.5) is 25.0 Å².